The molecule has 0 saturated carbocycles. The quantitative estimate of drug-likeness (QED) is 0.254. The van der Waals surface area contributed by atoms with Gasteiger partial charge in [-0.15, -0.1) is 0 Å². The molecule has 0 aliphatic rings. The summed E-state index contributed by atoms with van der Waals surface area (Å²) in [5, 5.41) is 0. The van der Waals surface area contributed by atoms with Crippen molar-refractivity contribution in [1.82, 2.24) is 0 Å². The summed E-state index contributed by atoms with van der Waals surface area (Å²) in [4.78, 5) is 25.1. The fraction of sp³-hybridized carbons (Fsp3) is 0.680. The minimum atomic E-state index is -0.443. The Kier molecular flexibility index (Phi) is 12.3. The van der Waals surface area contributed by atoms with Crippen molar-refractivity contribution in [1.29, 1.82) is 0 Å². The standard InChI is InChI=1S/C25H40O4/c1-19(2)13-8-6-10-17-28-24(26)22-16-12-15-21(5)23(22)25(27)29-18-11-7-9-14-20(3)4/h12,15-16,19-20H,6-11,13-14,17-18H2,1-5H3. The van der Waals surface area contributed by atoms with E-state index in [1.165, 1.54) is 12.8 Å². The van der Waals surface area contributed by atoms with E-state index in [9.17, 15) is 9.59 Å². The molecular weight excluding hydrogens is 364 g/mol. The molecule has 29 heavy (non-hydrogen) atoms. The summed E-state index contributed by atoms with van der Waals surface area (Å²) in [7, 11) is 0. The Balaban J connectivity index is 2.50. The van der Waals surface area contributed by atoms with E-state index in [4.69, 9.17) is 9.47 Å². The highest BCUT2D eigenvalue weighted by Gasteiger charge is 2.21. The first-order valence-corrected chi connectivity index (χ1v) is 11.3. The van der Waals surface area contributed by atoms with Gasteiger partial charge in [-0.05, 0) is 43.2 Å². The largest absolute Gasteiger partial charge is 0.462 e. The predicted molar refractivity (Wildman–Crippen MR) is 118 cm³/mol. The Hall–Kier alpha value is -1.84. The first kappa shape index (κ1) is 25.2. The van der Waals surface area contributed by atoms with E-state index in [0.29, 0.717) is 36.2 Å². The molecule has 0 aliphatic heterocycles. The maximum Gasteiger partial charge on any atom is 0.339 e. The van der Waals surface area contributed by atoms with Crippen molar-refractivity contribution >= 4 is 11.9 Å². The van der Waals surface area contributed by atoms with Gasteiger partial charge in [0.05, 0.1) is 24.3 Å². The number of aryl methyl sites for hydroxylation is 1. The lowest BCUT2D eigenvalue weighted by molar-refractivity contribution is 0.0449. The first-order chi connectivity index (χ1) is 13.8. The minimum absolute atomic E-state index is 0.303. The smallest absolute Gasteiger partial charge is 0.339 e. The topological polar surface area (TPSA) is 52.6 Å². The number of benzene rings is 1. The van der Waals surface area contributed by atoms with Gasteiger partial charge in [0.2, 0.25) is 0 Å². The lowest BCUT2D eigenvalue weighted by atomic mass is 10.0. The van der Waals surface area contributed by atoms with Gasteiger partial charge in [-0.1, -0.05) is 78.4 Å². The fourth-order valence-corrected chi connectivity index (χ4v) is 3.25. The van der Waals surface area contributed by atoms with Crippen LogP contribution in [-0.2, 0) is 9.47 Å². The lowest BCUT2D eigenvalue weighted by Gasteiger charge is -2.12. The van der Waals surface area contributed by atoms with Crippen molar-refractivity contribution in [2.45, 2.75) is 86.0 Å². The fourth-order valence-electron chi connectivity index (χ4n) is 3.25. The van der Waals surface area contributed by atoms with Gasteiger partial charge in [-0.25, -0.2) is 9.59 Å². The second kappa shape index (κ2) is 14.2. The number of rotatable bonds is 14. The molecule has 4 nitrogen and oxygen atoms in total. The second-order valence-corrected chi connectivity index (χ2v) is 8.76. The number of unbranched alkanes of at least 4 members (excludes halogenated alkanes) is 4. The highest BCUT2D eigenvalue weighted by molar-refractivity contribution is 6.04. The molecule has 0 bridgehead atoms. The zero-order valence-corrected chi connectivity index (χ0v) is 19.1. The number of hydrogen-bond donors (Lipinski definition) is 0. The van der Waals surface area contributed by atoms with Gasteiger partial charge < -0.3 is 9.47 Å². The van der Waals surface area contributed by atoms with Gasteiger partial charge in [0.25, 0.3) is 0 Å². The second-order valence-electron chi connectivity index (χ2n) is 8.76. The Labute approximate surface area is 177 Å². The first-order valence-electron chi connectivity index (χ1n) is 11.3. The summed E-state index contributed by atoms with van der Waals surface area (Å²) in [6.07, 6.45) is 8.47. The Bertz CT molecular complexity index is 619. The van der Waals surface area contributed by atoms with Crippen LogP contribution in [0.25, 0.3) is 0 Å². The zero-order chi connectivity index (χ0) is 21.6. The molecule has 0 atom stereocenters. The average Bonchev–Trinajstić information content (AvgIpc) is 2.66. The predicted octanol–water partition coefficient (Wildman–Crippen LogP) is 6.74. The lowest BCUT2D eigenvalue weighted by Crippen LogP contribution is -2.16. The van der Waals surface area contributed by atoms with Crippen LogP contribution < -0.4 is 0 Å². The Morgan fingerprint density at radius 1 is 0.759 bits per heavy atom. The summed E-state index contributed by atoms with van der Waals surface area (Å²) < 4.78 is 10.9. The molecule has 1 rings (SSSR count). The van der Waals surface area contributed by atoms with Crippen LogP contribution in [0.5, 0.6) is 0 Å². The van der Waals surface area contributed by atoms with Crippen molar-refractivity contribution in [3.8, 4) is 0 Å². The van der Waals surface area contributed by atoms with E-state index in [-0.39, 0.29) is 0 Å². The van der Waals surface area contributed by atoms with Crippen LogP contribution in [0.15, 0.2) is 18.2 Å². The minimum Gasteiger partial charge on any atom is -0.462 e. The van der Waals surface area contributed by atoms with E-state index < -0.39 is 11.9 Å². The zero-order valence-electron chi connectivity index (χ0n) is 19.1. The summed E-state index contributed by atoms with van der Waals surface area (Å²) in [5.41, 5.74) is 1.37. The molecule has 0 unspecified atom stereocenters. The molecule has 0 amide bonds. The van der Waals surface area contributed by atoms with Gasteiger partial charge >= 0.3 is 11.9 Å². The summed E-state index contributed by atoms with van der Waals surface area (Å²) in [6.45, 7) is 11.4. The third kappa shape index (κ3) is 10.5. The third-order valence-corrected chi connectivity index (χ3v) is 5.01. The number of esters is 2. The monoisotopic (exact) mass is 404 g/mol. The number of hydrogen-bond acceptors (Lipinski definition) is 4. The van der Waals surface area contributed by atoms with Crippen molar-refractivity contribution < 1.29 is 19.1 Å². The van der Waals surface area contributed by atoms with Crippen LogP contribution >= 0.6 is 0 Å². The molecule has 0 spiro atoms. The SMILES string of the molecule is Cc1cccc(C(=O)OCCCCCC(C)C)c1C(=O)OCCCCCC(C)C. The molecule has 1 aromatic carbocycles. The molecule has 164 valence electrons. The van der Waals surface area contributed by atoms with Gasteiger partial charge in [0, 0.05) is 0 Å². The molecule has 0 aliphatic carbocycles. The summed E-state index contributed by atoms with van der Waals surface area (Å²) in [5.74, 6) is 0.527. The van der Waals surface area contributed by atoms with E-state index in [0.717, 1.165) is 44.1 Å². The van der Waals surface area contributed by atoms with Crippen LogP contribution in [0.4, 0.5) is 0 Å². The Morgan fingerprint density at radius 3 is 1.79 bits per heavy atom. The van der Waals surface area contributed by atoms with Crippen LogP contribution in [0.1, 0.15) is 105 Å². The molecular formula is C25H40O4. The van der Waals surface area contributed by atoms with Crippen molar-refractivity contribution in [3.05, 3.63) is 34.9 Å². The van der Waals surface area contributed by atoms with E-state index in [2.05, 4.69) is 27.7 Å². The van der Waals surface area contributed by atoms with E-state index in [1.54, 1.807) is 12.1 Å². The van der Waals surface area contributed by atoms with Crippen molar-refractivity contribution in [3.63, 3.8) is 0 Å². The van der Waals surface area contributed by atoms with Crippen molar-refractivity contribution in [2.75, 3.05) is 13.2 Å². The molecule has 0 fully saturated rings. The van der Waals surface area contributed by atoms with Gasteiger partial charge in [-0.3, -0.25) is 0 Å². The van der Waals surface area contributed by atoms with Crippen LogP contribution in [0.2, 0.25) is 0 Å². The maximum absolute atomic E-state index is 12.6. The van der Waals surface area contributed by atoms with Gasteiger partial charge in [0.1, 0.15) is 0 Å². The Morgan fingerprint density at radius 2 is 1.28 bits per heavy atom. The van der Waals surface area contributed by atoms with Gasteiger partial charge in [0.15, 0.2) is 0 Å². The van der Waals surface area contributed by atoms with Crippen LogP contribution in [0.3, 0.4) is 0 Å². The number of carbonyl (C=O) groups is 2. The maximum atomic E-state index is 12.6. The van der Waals surface area contributed by atoms with E-state index >= 15 is 0 Å². The third-order valence-electron chi connectivity index (χ3n) is 5.01. The molecule has 0 saturated heterocycles. The number of carbonyl (C=O) groups excluding carboxylic acids is 2. The molecule has 0 N–H and O–H groups in total. The van der Waals surface area contributed by atoms with Crippen molar-refractivity contribution in [2.24, 2.45) is 11.8 Å². The number of ether oxygens (including phenoxy) is 2. The van der Waals surface area contributed by atoms with Crippen LogP contribution in [0, 0.1) is 18.8 Å². The molecule has 4 heteroatoms. The highest BCUT2D eigenvalue weighted by atomic mass is 16.5. The molecule has 0 radical (unpaired) electrons. The normalized spacial score (nSPS) is 11.1. The van der Waals surface area contributed by atoms with E-state index in [1.807, 2.05) is 13.0 Å². The summed E-state index contributed by atoms with van der Waals surface area (Å²) >= 11 is 0. The molecule has 0 heterocycles. The molecule has 1 aromatic rings. The average molecular weight is 405 g/mol. The molecule has 0 aromatic heterocycles. The van der Waals surface area contributed by atoms with Gasteiger partial charge in [-0.2, -0.15) is 0 Å². The summed E-state index contributed by atoms with van der Waals surface area (Å²) in [6, 6.07) is 5.24. The highest BCUT2D eigenvalue weighted by Crippen LogP contribution is 2.18. The van der Waals surface area contributed by atoms with Crippen LogP contribution in [-0.4, -0.2) is 25.2 Å².